The molecule has 2 aromatic rings. The number of hydrogen-bond acceptors (Lipinski definition) is 5. The summed E-state index contributed by atoms with van der Waals surface area (Å²) in [6, 6.07) is 8.28. The first kappa shape index (κ1) is 18.8. The molecule has 1 aromatic carbocycles. The molecular formula is C21H29N3O2S. The maximum Gasteiger partial charge on any atom is 0.243 e. The van der Waals surface area contributed by atoms with Crippen LogP contribution in [0.1, 0.15) is 51.0 Å². The summed E-state index contributed by atoms with van der Waals surface area (Å²) >= 11 is 1.78. The summed E-state index contributed by atoms with van der Waals surface area (Å²) < 4.78 is 7.01. The summed E-state index contributed by atoms with van der Waals surface area (Å²) in [6.45, 7) is 8.28. The first-order valence-electron chi connectivity index (χ1n) is 9.92. The Kier molecular flexibility index (Phi) is 4.77. The van der Waals surface area contributed by atoms with E-state index in [0.29, 0.717) is 18.9 Å². The second-order valence-corrected chi connectivity index (χ2v) is 9.49. The van der Waals surface area contributed by atoms with E-state index >= 15 is 0 Å². The molecule has 4 rings (SSSR count). The van der Waals surface area contributed by atoms with Gasteiger partial charge in [-0.1, -0.05) is 26.0 Å². The first-order valence-corrected chi connectivity index (χ1v) is 10.7. The minimum Gasteiger partial charge on any atom is -0.378 e. The Bertz CT molecular complexity index is 808. The molecule has 1 aromatic heterocycles. The number of fused-ring (bicyclic) bond motifs is 1. The second kappa shape index (κ2) is 6.83. The number of carbonyl (C=O) groups is 1. The average Bonchev–Trinajstić information content (AvgIpc) is 3.11. The van der Waals surface area contributed by atoms with E-state index in [1.807, 2.05) is 17.9 Å². The molecular weight excluding hydrogens is 358 g/mol. The zero-order valence-electron chi connectivity index (χ0n) is 16.4. The van der Waals surface area contributed by atoms with Crippen molar-refractivity contribution in [3.05, 3.63) is 29.3 Å². The standard InChI is InChI=1S/C21H29N3O2S/c1-4-26-17-13-21(22,20(17,2)3)19(25)24-11-9-14(10-12-24)18-23-15-7-5-6-8-16(15)27-18/h5-8,14,17H,4,9-13,22H2,1-3H3. The molecule has 1 aliphatic heterocycles. The van der Waals surface area contributed by atoms with Gasteiger partial charge in [0.1, 0.15) is 5.54 Å². The van der Waals surface area contributed by atoms with Crippen LogP contribution in [0.2, 0.25) is 0 Å². The zero-order chi connectivity index (χ0) is 19.2. The van der Waals surface area contributed by atoms with Crippen molar-refractivity contribution in [2.24, 2.45) is 11.1 Å². The number of para-hydroxylation sites is 1. The van der Waals surface area contributed by atoms with Crippen molar-refractivity contribution in [2.75, 3.05) is 19.7 Å². The second-order valence-electron chi connectivity index (χ2n) is 8.43. The molecule has 27 heavy (non-hydrogen) atoms. The Labute approximate surface area is 164 Å². The molecule has 146 valence electrons. The van der Waals surface area contributed by atoms with E-state index < -0.39 is 5.54 Å². The van der Waals surface area contributed by atoms with E-state index in [9.17, 15) is 4.79 Å². The molecule has 2 unspecified atom stereocenters. The number of ether oxygens (including phenoxy) is 1. The van der Waals surface area contributed by atoms with E-state index in [1.54, 1.807) is 11.3 Å². The molecule has 0 radical (unpaired) electrons. The molecule has 2 heterocycles. The third-order valence-electron chi connectivity index (χ3n) is 6.65. The van der Waals surface area contributed by atoms with Gasteiger partial charge in [-0.05, 0) is 31.9 Å². The van der Waals surface area contributed by atoms with E-state index in [-0.39, 0.29) is 17.4 Å². The maximum atomic E-state index is 13.2. The van der Waals surface area contributed by atoms with Crippen molar-refractivity contribution in [1.29, 1.82) is 0 Å². The summed E-state index contributed by atoms with van der Waals surface area (Å²) in [7, 11) is 0. The number of hydrogen-bond donors (Lipinski definition) is 1. The Hall–Kier alpha value is -1.50. The van der Waals surface area contributed by atoms with Gasteiger partial charge in [-0.2, -0.15) is 0 Å². The highest BCUT2D eigenvalue weighted by Crippen LogP contribution is 2.51. The topological polar surface area (TPSA) is 68.5 Å². The van der Waals surface area contributed by atoms with Crippen LogP contribution in [0.25, 0.3) is 10.2 Å². The lowest BCUT2D eigenvalue weighted by Crippen LogP contribution is -2.76. The number of nitrogens with zero attached hydrogens (tertiary/aromatic N) is 2. The van der Waals surface area contributed by atoms with Crippen molar-refractivity contribution in [3.63, 3.8) is 0 Å². The lowest BCUT2D eigenvalue weighted by Gasteiger charge is -2.59. The van der Waals surface area contributed by atoms with Crippen LogP contribution < -0.4 is 5.73 Å². The lowest BCUT2D eigenvalue weighted by molar-refractivity contribution is -0.180. The van der Waals surface area contributed by atoms with Crippen molar-refractivity contribution >= 4 is 27.5 Å². The van der Waals surface area contributed by atoms with Crippen LogP contribution in [0, 0.1) is 5.41 Å². The summed E-state index contributed by atoms with van der Waals surface area (Å²) in [6.07, 6.45) is 2.59. The maximum absolute atomic E-state index is 13.2. The minimum absolute atomic E-state index is 0.0664. The third kappa shape index (κ3) is 2.98. The Morgan fingerprint density at radius 1 is 1.33 bits per heavy atom. The molecule has 2 atom stereocenters. The number of amides is 1. The van der Waals surface area contributed by atoms with Crippen molar-refractivity contribution in [3.8, 4) is 0 Å². The fourth-order valence-corrected chi connectivity index (χ4v) is 5.61. The van der Waals surface area contributed by atoms with E-state index in [4.69, 9.17) is 15.5 Å². The van der Waals surface area contributed by atoms with Gasteiger partial charge >= 0.3 is 0 Å². The normalized spacial score (nSPS) is 28.3. The average molecular weight is 388 g/mol. The van der Waals surface area contributed by atoms with E-state index in [0.717, 1.165) is 31.4 Å². The van der Waals surface area contributed by atoms with Gasteiger partial charge in [0.05, 0.1) is 21.3 Å². The number of thiazole rings is 1. The molecule has 1 saturated carbocycles. The quantitative estimate of drug-likeness (QED) is 0.871. The molecule has 1 amide bonds. The molecule has 2 aliphatic rings. The molecule has 0 bridgehead atoms. The SMILES string of the molecule is CCOC1CC(N)(C(=O)N2CCC(c3nc4ccccc4s3)CC2)C1(C)C. The highest BCUT2D eigenvalue weighted by atomic mass is 32.1. The number of piperidine rings is 1. The fourth-order valence-electron chi connectivity index (χ4n) is 4.47. The monoisotopic (exact) mass is 387 g/mol. The van der Waals surface area contributed by atoms with Crippen molar-refractivity contribution in [2.45, 2.75) is 57.6 Å². The minimum atomic E-state index is -0.810. The molecule has 0 spiro atoms. The van der Waals surface area contributed by atoms with Gasteiger partial charge in [-0.3, -0.25) is 4.79 Å². The molecule has 6 heteroatoms. The number of rotatable bonds is 4. The van der Waals surface area contributed by atoms with Gasteiger partial charge in [-0.25, -0.2) is 4.98 Å². The van der Waals surface area contributed by atoms with Crippen molar-refractivity contribution in [1.82, 2.24) is 9.88 Å². The van der Waals surface area contributed by atoms with Crippen LogP contribution in [-0.4, -0.2) is 47.1 Å². The number of aromatic nitrogens is 1. The largest absolute Gasteiger partial charge is 0.378 e. The number of likely N-dealkylation sites (tertiary alicyclic amines) is 1. The van der Waals surface area contributed by atoms with Crippen molar-refractivity contribution < 1.29 is 9.53 Å². The van der Waals surface area contributed by atoms with Crippen LogP contribution in [-0.2, 0) is 9.53 Å². The molecule has 1 aliphatic carbocycles. The molecule has 2 fully saturated rings. The van der Waals surface area contributed by atoms with E-state index in [2.05, 4.69) is 32.0 Å². The van der Waals surface area contributed by atoms with Crippen LogP contribution in [0.15, 0.2) is 24.3 Å². The number of nitrogens with two attached hydrogens (primary N) is 1. The van der Waals surface area contributed by atoms with Gasteiger partial charge in [0.15, 0.2) is 0 Å². The van der Waals surface area contributed by atoms with Gasteiger partial charge in [-0.15, -0.1) is 11.3 Å². The van der Waals surface area contributed by atoms with Gasteiger partial charge < -0.3 is 15.4 Å². The third-order valence-corrected chi connectivity index (χ3v) is 7.85. The Morgan fingerprint density at radius 3 is 2.67 bits per heavy atom. The molecule has 1 saturated heterocycles. The summed E-state index contributed by atoms with van der Waals surface area (Å²) in [5, 5.41) is 1.20. The number of carbonyl (C=O) groups excluding carboxylic acids is 1. The van der Waals surface area contributed by atoms with Crippen LogP contribution in [0.4, 0.5) is 0 Å². The molecule has 2 N–H and O–H groups in total. The Balaban J connectivity index is 1.41. The highest BCUT2D eigenvalue weighted by Gasteiger charge is 2.63. The van der Waals surface area contributed by atoms with Gasteiger partial charge in [0.2, 0.25) is 5.91 Å². The van der Waals surface area contributed by atoms with Crippen LogP contribution in [0.3, 0.4) is 0 Å². The number of benzene rings is 1. The van der Waals surface area contributed by atoms with Gasteiger partial charge in [0, 0.05) is 37.5 Å². The predicted molar refractivity (Wildman–Crippen MR) is 109 cm³/mol. The van der Waals surface area contributed by atoms with E-state index in [1.165, 1.54) is 9.71 Å². The highest BCUT2D eigenvalue weighted by molar-refractivity contribution is 7.18. The predicted octanol–water partition coefficient (Wildman–Crippen LogP) is 3.53. The first-order chi connectivity index (χ1) is 12.9. The van der Waals surface area contributed by atoms with Gasteiger partial charge in [0.25, 0.3) is 0 Å². The summed E-state index contributed by atoms with van der Waals surface area (Å²) in [5.74, 6) is 0.525. The molecule has 5 nitrogen and oxygen atoms in total. The Morgan fingerprint density at radius 2 is 2.04 bits per heavy atom. The van der Waals surface area contributed by atoms with Crippen LogP contribution >= 0.6 is 11.3 Å². The van der Waals surface area contributed by atoms with Crippen LogP contribution in [0.5, 0.6) is 0 Å². The summed E-state index contributed by atoms with van der Waals surface area (Å²) in [5.41, 5.74) is 6.53. The zero-order valence-corrected chi connectivity index (χ0v) is 17.2. The lowest BCUT2D eigenvalue weighted by atomic mass is 9.54. The fraction of sp³-hybridized carbons (Fsp3) is 0.619. The smallest absolute Gasteiger partial charge is 0.243 e. The summed E-state index contributed by atoms with van der Waals surface area (Å²) in [4.78, 5) is 20.0.